The van der Waals surface area contributed by atoms with Crippen molar-refractivity contribution in [1.29, 1.82) is 0 Å². The number of rotatable bonds is 1. The fraction of sp³-hybridized carbons (Fsp3) is 0.417. The van der Waals surface area contributed by atoms with Crippen LogP contribution in [0.3, 0.4) is 0 Å². The first kappa shape index (κ1) is 11.0. The first-order valence-corrected chi connectivity index (χ1v) is 5.43. The minimum Gasteiger partial charge on any atom is -0.491 e. The van der Waals surface area contributed by atoms with Crippen LogP contribution in [0.1, 0.15) is 12.5 Å². The zero-order valence-corrected chi connectivity index (χ0v) is 9.35. The van der Waals surface area contributed by atoms with Crippen molar-refractivity contribution >= 4 is 5.91 Å². The van der Waals surface area contributed by atoms with Gasteiger partial charge in [-0.05, 0) is 13.0 Å². The first-order chi connectivity index (χ1) is 7.68. The second-order valence-electron chi connectivity index (χ2n) is 4.00. The molecule has 0 aliphatic carbocycles. The van der Waals surface area contributed by atoms with E-state index in [1.54, 1.807) is 11.8 Å². The van der Waals surface area contributed by atoms with Crippen LogP contribution in [-0.4, -0.2) is 30.0 Å². The van der Waals surface area contributed by atoms with Gasteiger partial charge in [0.1, 0.15) is 12.4 Å². The smallest absolute Gasteiger partial charge is 0.239 e. The van der Waals surface area contributed by atoms with Crippen molar-refractivity contribution in [2.75, 3.05) is 13.2 Å². The van der Waals surface area contributed by atoms with E-state index in [1.807, 2.05) is 24.3 Å². The van der Waals surface area contributed by atoms with Gasteiger partial charge in [-0.15, -0.1) is 0 Å². The Morgan fingerprint density at radius 2 is 2.25 bits per heavy atom. The summed E-state index contributed by atoms with van der Waals surface area (Å²) in [7, 11) is 0. The van der Waals surface area contributed by atoms with E-state index in [1.165, 1.54) is 0 Å². The third kappa shape index (κ3) is 2.17. The Kier molecular flexibility index (Phi) is 3.10. The van der Waals surface area contributed by atoms with Crippen LogP contribution in [0.5, 0.6) is 5.75 Å². The van der Waals surface area contributed by atoms with Crippen LogP contribution in [0.4, 0.5) is 0 Å². The molecule has 86 valence electrons. The number of ether oxygens (including phenoxy) is 1. The highest BCUT2D eigenvalue weighted by molar-refractivity contribution is 5.81. The van der Waals surface area contributed by atoms with E-state index in [-0.39, 0.29) is 5.91 Å². The molecule has 1 atom stereocenters. The van der Waals surface area contributed by atoms with Gasteiger partial charge in [0, 0.05) is 12.1 Å². The Balaban J connectivity index is 2.20. The maximum Gasteiger partial charge on any atom is 0.239 e. The van der Waals surface area contributed by atoms with Crippen LogP contribution < -0.4 is 10.5 Å². The van der Waals surface area contributed by atoms with Crippen LogP contribution >= 0.6 is 0 Å². The Morgan fingerprint density at radius 1 is 1.50 bits per heavy atom. The summed E-state index contributed by atoms with van der Waals surface area (Å²) < 4.78 is 5.57. The highest BCUT2D eigenvalue weighted by Crippen LogP contribution is 2.22. The van der Waals surface area contributed by atoms with Crippen molar-refractivity contribution in [2.24, 2.45) is 5.73 Å². The molecule has 0 saturated carbocycles. The van der Waals surface area contributed by atoms with Gasteiger partial charge in [-0.3, -0.25) is 4.79 Å². The maximum absolute atomic E-state index is 11.8. The molecule has 1 aromatic rings. The van der Waals surface area contributed by atoms with Crippen LogP contribution in [0.25, 0.3) is 0 Å². The van der Waals surface area contributed by atoms with E-state index in [9.17, 15) is 4.79 Å². The van der Waals surface area contributed by atoms with E-state index in [0.717, 1.165) is 11.3 Å². The molecule has 1 amide bonds. The van der Waals surface area contributed by atoms with Crippen molar-refractivity contribution in [3.63, 3.8) is 0 Å². The Morgan fingerprint density at radius 3 is 3.00 bits per heavy atom. The van der Waals surface area contributed by atoms with Crippen LogP contribution in [0, 0.1) is 0 Å². The van der Waals surface area contributed by atoms with Crippen molar-refractivity contribution < 1.29 is 9.53 Å². The Hall–Kier alpha value is -1.55. The molecule has 0 aromatic heterocycles. The molecule has 1 unspecified atom stereocenters. The lowest BCUT2D eigenvalue weighted by Gasteiger charge is -2.21. The number of nitrogens with two attached hydrogens (primary N) is 1. The van der Waals surface area contributed by atoms with Crippen molar-refractivity contribution in [1.82, 2.24) is 4.90 Å². The molecular formula is C12H16N2O2. The third-order valence-electron chi connectivity index (χ3n) is 2.65. The largest absolute Gasteiger partial charge is 0.491 e. The molecule has 2 rings (SSSR count). The molecular weight excluding hydrogens is 204 g/mol. The minimum absolute atomic E-state index is 0.0275. The second-order valence-corrected chi connectivity index (χ2v) is 4.00. The molecule has 0 fully saturated rings. The summed E-state index contributed by atoms with van der Waals surface area (Å²) >= 11 is 0. The molecule has 1 aromatic carbocycles. The molecule has 0 saturated heterocycles. The summed E-state index contributed by atoms with van der Waals surface area (Å²) in [4.78, 5) is 13.6. The van der Waals surface area contributed by atoms with Gasteiger partial charge in [0.2, 0.25) is 5.91 Å². The number of carbonyl (C=O) groups excluding carboxylic acids is 1. The fourth-order valence-electron chi connectivity index (χ4n) is 1.80. The number of nitrogens with zero attached hydrogens (tertiary/aromatic N) is 1. The zero-order valence-electron chi connectivity index (χ0n) is 9.35. The molecule has 4 heteroatoms. The zero-order chi connectivity index (χ0) is 11.5. The lowest BCUT2D eigenvalue weighted by Crippen LogP contribution is -2.42. The molecule has 0 spiro atoms. The molecule has 4 nitrogen and oxygen atoms in total. The highest BCUT2D eigenvalue weighted by atomic mass is 16.5. The van der Waals surface area contributed by atoms with Gasteiger partial charge >= 0.3 is 0 Å². The third-order valence-corrected chi connectivity index (χ3v) is 2.65. The fourth-order valence-corrected chi connectivity index (χ4v) is 1.80. The number of carbonyl (C=O) groups is 1. The van der Waals surface area contributed by atoms with Crippen LogP contribution in [-0.2, 0) is 11.3 Å². The Labute approximate surface area is 95.0 Å². The van der Waals surface area contributed by atoms with Gasteiger partial charge < -0.3 is 15.4 Å². The molecule has 16 heavy (non-hydrogen) atoms. The summed E-state index contributed by atoms with van der Waals surface area (Å²) in [6.07, 6.45) is 0. The molecule has 0 bridgehead atoms. The number of fused-ring (bicyclic) bond motifs is 1. The quantitative estimate of drug-likeness (QED) is 0.760. The van der Waals surface area contributed by atoms with Crippen LogP contribution in [0.2, 0.25) is 0 Å². The normalized spacial score (nSPS) is 17.0. The van der Waals surface area contributed by atoms with E-state index in [2.05, 4.69) is 0 Å². The number of amides is 1. The van der Waals surface area contributed by atoms with Gasteiger partial charge in [-0.1, -0.05) is 18.2 Å². The molecule has 1 aliphatic heterocycles. The van der Waals surface area contributed by atoms with Crippen molar-refractivity contribution in [3.05, 3.63) is 29.8 Å². The average molecular weight is 220 g/mol. The lowest BCUT2D eigenvalue weighted by atomic mass is 10.2. The van der Waals surface area contributed by atoms with E-state index in [4.69, 9.17) is 10.5 Å². The van der Waals surface area contributed by atoms with Gasteiger partial charge in [0.15, 0.2) is 0 Å². The summed E-state index contributed by atoms with van der Waals surface area (Å²) in [6.45, 7) is 3.40. The predicted octanol–water partition coefficient (Wildman–Crippen LogP) is 0.755. The molecule has 0 radical (unpaired) electrons. The number of hydrogen-bond acceptors (Lipinski definition) is 3. The highest BCUT2D eigenvalue weighted by Gasteiger charge is 2.21. The molecule has 1 heterocycles. The Bertz CT molecular complexity index is 390. The SMILES string of the molecule is CC(N)C(=O)N1CCOc2ccccc2C1. The average Bonchev–Trinajstić information content (AvgIpc) is 2.49. The van der Waals surface area contributed by atoms with Gasteiger partial charge in [-0.25, -0.2) is 0 Å². The van der Waals surface area contributed by atoms with E-state index in [0.29, 0.717) is 19.7 Å². The monoisotopic (exact) mass is 220 g/mol. The van der Waals surface area contributed by atoms with Gasteiger partial charge in [0.25, 0.3) is 0 Å². The number of hydrogen-bond donors (Lipinski definition) is 1. The van der Waals surface area contributed by atoms with Crippen molar-refractivity contribution in [2.45, 2.75) is 19.5 Å². The standard InChI is InChI=1S/C12H16N2O2/c1-9(13)12(15)14-6-7-16-11-5-3-2-4-10(11)8-14/h2-5,9H,6-8,13H2,1H3. The second kappa shape index (κ2) is 4.53. The first-order valence-electron chi connectivity index (χ1n) is 5.43. The topological polar surface area (TPSA) is 55.6 Å². The molecule has 1 aliphatic rings. The summed E-state index contributed by atoms with van der Waals surface area (Å²) in [5.74, 6) is 0.836. The van der Waals surface area contributed by atoms with Gasteiger partial charge in [-0.2, -0.15) is 0 Å². The summed E-state index contributed by atoms with van der Waals surface area (Å²) in [5, 5.41) is 0. The van der Waals surface area contributed by atoms with Crippen LogP contribution in [0.15, 0.2) is 24.3 Å². The molecule has 2 N–H and O–H groups in total. The minimum atomic E-state index is -0.453. The summed E-state index contributed by atoms with van der Waals surface area (Å²) in [6, 6.07) is 7.33. The van der Waals surface area contributed by atoms with Gasteiger partial charge in [0.05, 0.1) is 12.6 Å². The van der Waals surface area contributed by atoms with Crippen molar-refractivity contribution in [3.8, 4) is 5.75 Å². The predicted molar refractivity (Wildman–Crippen MR) is 61.0 cm³/mol. The number of benzene rings is 1. The number of para-hydroxylation sites is 1. The summed E-state index contributed by atoms with van der Waals surface area (Å²) in [5.41, 5.74) is 6.64. The van der Waals surface area contributed by atoms with E-state index >= 15 is 0 Å². The lowest BCUT2D eigenvalue weighted by molar-refractivity contribution is -0.132. The maximum atomic E-state index is 11.8. The van der Waals surface area contributed by atoms with E-state index < -0.39 is 6.04 Å².